The maximum Gasteiger partial charge on any atom is 0.254 e. The molecule has 94 valence electrons. The Labute approximate surface area is 105 Å². The van der Waals surface area contributed by atoms with Gasteiger partial charge in [0.1, 0.15) is 11.3 Å². The van der Waals surface area contributed by atoms with Gasteiger partial charge in [-0.3, -0.25) is 4.79 Å². The average Bonchev–Trinajstić information content (AvgIpc) is 2.78. The molecule has 3 rings (SSSR count). The zero-order valence-electron chi connectivity index (χ0n) is 10.3. The van der Waals surface area contributed by atoms with Crippen LogP contribution in [0.4, 0.5) is 0 Å². The van der Waals surface area contributed by atoms with Crippen LogP contribution in [0.2, 0.25) is 0 Å². The van der Waals surface area contributed by atoms with Crippen molar-refractivity contribution in [3.05, 3.63) is 35.6 Å². The predicted octanol–water partition coefficient (Wildman–Crippen LogP) is 2.21. The SMILES string of the molecule is Cc1cc2cc(C(=O)N3CCOCC3)ccc2o1. The molecule has 4 nitrogen and oxygen atoms in total. The van der Waals surface area contributed by atoms with Crippen molar-refractivity contribution in [1.29, 1.82) is 0 Å². The van der Waals surface area contributed by atoms with Crippen LogP contribution < -0.4 is 0 Å². The Morgan fingerprint density at radius 1 is 1.22 bits per heavy atom. The van der Waals surface area contributed by atoms with E-state index in [9.17, 15) is 4.79 Å². The van der Waals surface area contributed by atoms with E-state index in [4.69, 9.17) is 9.15 Å². The highest BCUT2D eigenvalue weighted by molar-refractivity contribution is 5.97. The Kier molecular flexibility index (Phi) is 2.80. The maximum atomic E-state index is 12.3. The average molecular weight is 245 g/mol. The van der Waals surface area contributed by atoms with E-state index in [0.717, 1.165) is 16.7 Å². The van der Waals surface area contributed by atoms with Crippen molar-refractivity contribution in [2.45, 2.75) is 6.92 Å². The highest BCUT2D eigenvalue weighted by atomic mass is 16.5. The second-order valence-electron chi connectivity index (χ2n) is 4.51. The van der Waals surface area contributed by atoms with Crippen LogP contribution in [0, 0.1) is 6.92 Å². The van der Waals surface area contributed by atoms with Crippen molar-refractivity contribution in [1.82, 2.24) is 4.90 Å². The van der Waals surface area contributed by atoms with Gasteiger partial charge in [0, 0.05) is 24.0 Å². The Balaban J connectivity index is 1.90. The fourth-order valence-corrected chi connectivity index (χ4v) is 2.26. The van der Waals surface area contributed by atoms with Gasteiger partial charge in [0.2, 0.25) is 0 Å². The third-order valence-electron chi connectivity index (χ3n) is 3.18. The van der Waals surface area contributed by atoms with Crippen molar-refractivity contribution < 1.29 is 13.9 Å². The Morgan fingerprint density at radius 3 is 2.78 bits per heavy atom. The number of rotatable bonds is 1. The summed E-state index contributed by atoms with van der Waals surface area (Å²) in [6, 6.07) is 7.52. The van der Waals surface area contributed by atoms with E-state index in [-0.39, 0.29) is 5.91 Å². The monoisotopic (exact) mass is 245 g/mol. The van der Waals surface area contributed by atoms with Gasteiger partial charge in [-0.2, -0.15) is 0 Å². The Hall–Kier alpha value is -1.81. The lowest BCUT2D eigenvalue weighted by Crippen LogP contribution is -2.40. The molecule has 0 unspecified atom stereocenters. The summed E-state index contributed by atoms with van der Waals surface area (Å²) < 4.78 is 10.8. The molecule has 0 N–H and O–H groups in total. The molecular formula is C14H15NO3. The fraction of sp³-hybridized carbons (Fsp3) is 0.357. The standard InChI is InChI=1S/C14H15NO3/c1-10-8-12-9-11(2-3-13(12)18-10)14(16)15-4-6-17-7-5-15/h2-3,8-9H,4-7H2,1H3. The summed E-state index contributed by atoms with van der Waals surface area (Å²) in [7, 11) is 0. The molecule has 0 aliphatic carbocycles. The largest absolute Gasteiger partial charge is 0.461 e. The van der Waals surface area contributed by atoms with Crippen LogP contribution in [-0.2, 0) is 4.74 Å². The minimum Gasteiger partial charge on any atom is -0.461 e. The summed E-state index contributed by atoms with van der Waals surface area (Å²) >= 11 is 0. The van der Waals surface area contributed by atoms with Gasteiger partial charge in [-0.25, -0.2) is 0 Å². The minimum atomic E-state index is 0.0686. The van der Waals surface area contributed by atoms with Crippen LogP contribution in [0.1, 0.15) is 16.1 Å². The first-order valence-corrected chi connectivity index (χ1v) is 6.11. The Bertz CT molecular complexity index is 582. The third kappa shape index (κ3) is 1.99. The molecule has 2 heterocycles. The molecule has 1 saturated heterocycles. The topological polar surface area (TPSA) is 42.7 Å². The van der Waals surface area contributed by atoms with Crippen LogP contribution in [0.5, 0.6) is 0 Å². The summed E-state index contributed by atoms with van der Waals surface area (Å²) in [5.74, 6) is 0.931. The molecule has 1 amide bonds. The van der Waals surface area contributed by atoms with Crippen molar-refractivity contribution >= 4 is 16.9 Å². The number of carbonyl (C=O) groups is 1. The molecule has 1 aliphatic heterocycles. The molecule has 0 radical (unpaired) electrons. The normalized spacial score (nSPS) is 16.2. The number of aryl methyl sites for hydroxylation is 1. The number of furan rings is 1. The van der Waals surface area contributed by atoms with Gasteiger partial charge in [0.05, 0.1) is 13.2 Å². The van der Waals surface area contributed by atoms with E-state index < -0.39 is 0 Å². The molecule has 1 aromatic carbocycles. The van der Waals surface area contributed by atoms with Gasteiger partial charge in [0.25, 0.3) is 5.91 Å². The van der Waals surface area contributed by atoms with E-state index in [1.165, 1.54) is 0 Å². The molecule has 1 aromatic heterocycles. The second kappa shape index (κ2) is 4.46. The van der Waals surface area contributed by atoms with Gasteiger partial charge in [0.15, 0.2) is 0 Å². The smallest absolute Gasteiger partial charge is 0.254 e. The summed E-state index contributed by atoms with van der Waals surface area (Å²) in [5.41, 5.74) is 1.54. The minimum absolute atomic E-state index is 0.0686. The van der Waals surface area contributed by atoms with Gasteiger partial charge in [-0.05, 0) is 31.2 Å². The molecule has 1 fully saturated rings. The van der Waals surface area contributed by atoms with Crippen LogP contribution >= 0.6 is 0 Å². The summed E-state index contributed by atoms with van der Waals surface area (Å²) in [5, 5.41) is 0.978. The van der Waals surface area contributed by atoms with E-state index in [0.29, 0.717) is 31.9 Å². The lowest BCUT2D eigenvalue weighted by molar-refractivity contribution is 0.0303. The number of carbonyl (C=O) groups excluding carboxylic acids is 1. The highest BCUT2D eigenvalue weighted by Crippen LogP contribution is 2.21. The molecule has 1 aliphatic rings. The number of amides is 1. The zero-order valence-corrected chi connectivity index (χ0v) is 10.3. The summed E-state index contributed by atoms with van der Waals surface area (Å²) in [6.07, 6.45) is 0. The summed E-state index contributed by atoms with van der Waals surface area (Å²) in [6.45, 7) is 4.49. The van der Waals surface area contributed by atoms with E-state index in [1.807, 2.05) is 36.1 Å². The van der Waals surface area contributed by atoms with Gasteiger partial charge < -0.3 is 14.1 Å². The molecular weight excluding hydrogens is 230 g/mol. The number of nitrogens with zero attached hydrogens (tertiary/aromatic N) is 1. The van der Waals surface area contributed by atoms with Crippen LogP contribution in [0.3, 0.4) is 0 Å². The number of fused-ring (bicyclic) bond motifs is 1. The number of morpholine rings is 1. The van der Waals surface area contributed by atoms with Crippen molar-refractivity contribution in [2.24, 2.45) is 0 Å². The van der Waals surface area contributed by atoms with E-state index >= 15 is 0 Å². The number of hydrogen-bond acceptors (Lipinski definition) is 3. The van der Waals surface area contributed by atoms with E-state index in [2.05, 4.69) is 0 Å². The summed E-state index contributed by atoms with van der Waals surface area (Å²) in [4.78, 5) is 14.1. The lowest BCUT2D eigenvalue weighted by atomic mass is 10.1. The second-order valence-corrected chi connectivity index (χ2v) is 4.51. The molecule has 0 spiro atoms. The number of ether oxygens (including phenoxy) is 1. The fourth-order valence-electron chi connectivity index (χ4n) is 2.26. The quantitative estimate of drug-likeness (QED) is 0.773. The van der Waals surface area contributed by atoms with Gasteiger partial charge in [-0.1, -0.05) is 0 Å². The molecule has 18 heavy (non-hydrogen) atoms. The van der Waals surface area contributed by atoms with Crippen LogP contribution in [0.15, 0.2) is 28.7 Å². The lowest BCUT2D eigenvalue weighted by Gasteiger charge is -2.26. The Morgan fingerprint density at radius 2 is 2.00 bits per heavy atom. The molecule has 4 heteroatoms. The van der Waals surface area contributed by atoms with Crippen LogP contribution in [-0.4, -0.2) is 37.1 Å². The van der Waals surface area contributed by atoms with E-state index in [1.54, 1.807) is 0 Å². The molecule has 0 saturated carbocycles. The first-order valence-electron chi connectivity index (χ1n) is 6.11. The zero-order chi connectivity index (χ0) is 12.5. The van der Waals surface area contributed by atoms with Gasteiger partial charge in [-0.15, -0.1) is 0 Å². The molecule has 0 bridgehead atoms. The first-order chi connectivity index (χ1) is 8.74. The van der Waals surface area contributed by atoms with Crippen LogP contribution in [0.25, 0.3) is 11.0 Å². The maximum absolute atomic E-state index is 12.3. The predicted molar refractivity (Wildman–Crippen MR) is 67.7 cm³/mol. The molecule has 0 atom stereocenters. The first kappa shape index (κ1) is 11.3. The van der Waals surface area contributed by atoms with Crippen molar-refractivity contribution in [2.75, 3.05) is 26.3 Å². The highest BCUT2D eigenvalue weighted by Gasteiger charge is 2.18. The number of benzene rings is 1. The van der Waals surface area contributed by atoms with Crippen molar-refractivity contribution in [3.63, 3.8) is 0 Å². The van der Waals surface area contributed by atoms with Crippen molar-refractivity contribution in [3.8, 4) is 0 Å². The third-order valence-corrected chi connectivity index (χ3v) is 3.18. The van der Waals surface area contributed by atoms with Gasteiger partial charge >= 0.3 is 0 Å². The molecule has 2 aromatic rings. The number of hydrogen-bond donors (Lipinski definition) is 0.